The molecule has 0 aliphatic heterocycles. The summed E-state index contributed by atoms with van der Waals surface area (Å²) in [6.45, 7) is 1.73. The van der Waals surface area contributed by atoms with E-state index in [-0.39, 0.29) is 5.69 Å². The summed E-state index contributed by atoms with van der Waals surface area (Å²) in [6, 6.07) is 6.86. The summed E-state index contributed by atoms with van der Waals surface area (Å²) in [4.78, 5) is 12.4. The van der Waals surface area contributed by atoms with Gasteiger partial charge >= 0.3 is 0 Å². The summed E-state index contributed by atoms with van der Waals surface area (Å²) in [7, 11) is 1.61. The Morgan fingerprint density at radius 1 is 1.50 bits per heavy atom. The minimum atomic E-state index is -0.412. The molecule has 0 aromatic heterocycles. The van der Waals surface area contributed by atoms with Gasteiger partial charge in [0, 0.05) is 43.3 Å². The van der Waals surface area contributed by atoms with Gasteiger partial charge in [-0.15, -0.1) is 0 Å². The van der Waals surface area contributed by atoms with Crippen molar-refractivity contribution in [3.05, 3.63) is 33.9 Å². The van der Waals surface area contributed by atoms with Crippen LogP contribution < -0.4 is 4.90 Å². The van der Waals surface area contributed by atoms with E-state index < -0.39 is 4.92 Å². The maximum absolute atomic E-state index is 10.8. The number of nitrogens with zero attached hydrogens (tertiary/aromatic N) is 3. The van der Waals surface area contributed by atoms with Crippen LogP contribution in [0.5, 0.6) is 0 Å². The number of halogens is 1. The lowest BCUT2D eigenvalue weighted by molar-refractivity contribution is -0.384. The molecule has 0 amide bonds. The molecule has 0 spiro atoms. The highest BCUT2D eigenvalue weighted by Crippen LogP contribution is 2.27. The molecule has 1 aromatic rings. The first-order valence-corrected chi connectivity index (χ1v) is 7.20. The fourth-order valence-corrected chi connectivity index (χ4v) is 2.29. The van der Waals surface area contributed by atoms with Crippen LogP contribution in [0.4, 0.5) is 11.4 Å². The molecule has 108 valence electrons. The number of benzene rings is 1. The van der Waals surface area contributed by atoms with Crippen LogP contribution in [0.15, 0.2) is 18.2 Å². The molecule has 1 aromatic carbocycles. The summed E-state index contributed by atoms with van der Waals surface area (Å²) >= 11 is 3.35. The van der Waals surface area contributed by atoms with Crippen molar-refractivity contribution in [1.29, 1.82) is 5.26 Å². The summed E-state index contributed by atoms with van der Waals surface area (Å²) in [5.74, 6) is 0. The minimum Gasteiger partial charge on any atom is -0.383 e. The molecule has 0 radical (unpaired) electrons. The second-order valence-corrected chi connectivity index (χ2v) is 4.65. The first-order valence-electron chi connectivity index (χ1n) is 6.08. The zero-order valence-corrected chi connectivity index (χ0v) is 12.8. The van der Waals surface area contributed by atoms with E-state index in [0.717, 1.165) is 11.3 Å². The highest BCUT2D eigenvalue weighted by Gasteiger charge is 2.15. The number of alkyl halides is 1. The number of methoxy groups -OCH3 is 1. The van der Waals surface area contributed by atoms with Gasteiger partial charge in [-0.2, -0.15) is 5.26 Å². The third kappa shape index (κ3) is 4.47. The van der Waals surface area contributed by atoms with Gasteiger partial charge in [-0.25, -0.2) is 0 Å². The van der Waals surface area contributed by atoms with Crippen LogP contribution in [-0.2, 0) is 10.1 Å². The average molecular weight is 342 g/mol. The van der Waals surface area contributed by atoms with Crippen LogP contribution in [0.2, 0.25) is 0 Å². The van der Waals surface area contributed by atoms with Gasteiger partial charge in [0.2, 0.25) is 0 Å². The van der Waals surface area contributed by atoms with E-state index in [0.29, 0.717) is 31.4 Å². The number of anilines is 1. The topological polar surface area (TPSA) is 79.4 Å². The molecule has 0 bridgehead atoms. The minimum absolute atomic E-state index is 0.0650. The Hall–Kier alpha value is -1.65. The molecule has 7 heteroatoms. The molecule has 0 N–H and O–H groups in total. The number of hydrogen-bond donors (Lipinski definition) is 0. The number of nitriles is 1. The van der Waals surface area contributed by atoms with Crippen LogP contribution in [-0.4, -0.2) is 31.7 Å². The quantitative estimate of drug-likeness (QED) is 0.412. The van der Waals surface area contributed by atoms with Crippen molar-refractivity contribution in [3.63, 3.8) is 0 Å². The van der Waals surface area contributed by atoms with Gasteiger partial charge in [-0.05, 0) is 11.6 Å². The molecule has 6 nitrogen and oxygen atoms in total. The first-order chi connectivity index (χ1) is 9.63. The Morgan fingerprint density at radius 3 is 2.80 bits per heavy atom. The normalized spacial score (nSPS) is 10.1. The van der Waals surface area contributed by atoms with Gasteiger partial charge in [-0.3, -0.25) is 10.1 Å². The number of ether oxygens (including phenoxy) is 1. The van der Waals surface area contributed by atoms with E-state index in [2.05, 4.69) is 22.0 Å². The number of nitro groups is 1. The number of rotatable bonds is 8. The van der Waals surface area contributed by atoms with Crippen molar-refractivity contribution in [3.8, 4) is 6.07 Å². The predicted molar refractivity (Wildman–Crippen MR) is 80.0 cm³/mol. The van der Waals surface area contributed by atoms with Gasteiger partial charge in [0.1, 0.15) is 0 Å². The average Bonchev–Trinajstić information content (AvgIpc) is 2.47. The van der Waals surface area contributed by atoms with E-state index in [1.807, 2.05) is 4.90 Å². The largest absolute Gasteiger partial charge is 0.383 e. The van der Waals surface area contributed by atoms with Crippen LogP contribution in [0.3, 0.4) is 0 Å². The summed E-state index contributed by atoms with van der Waals surface area (Å²) in [5.41, 5.74) is 1.78. The summed E-state index contributed by atoms with van der Waals surface area (Å²) < 4.78 is 5.06. The second-order valence-electron chi connectivity index (χ2n) is 4.09. The molecule has 0 atom stereocenters. The fraction of sp³-hybridized carbons (Fsp3) is 0.462. The standard InChI is InChI=1S/C13H16BrN3O3/c1-20-8-7-16(6-2-5-15)13-4-3-12(17(18)19)9-11(13)10-14/h3-4,9H,2,6-8,10H2,1H3. The smallest absolute Gasteiger partial charge is 0.269 e. The molecule has 1 rings (SSSR count). The molecule has 0 aliphatic rings. The van der Waals surface area contributed by atoms with Crippen LogP contribution in [0, 0.1) is 21.4 Å². The van der Waals surface area contributed by atoms with E-state index in [9.17, 15) is 10.1 Å². The Morgan fingerprint density at radius 2 is 2.25 bits per heavy atom. The van der Waals surface area contributed by atoms with Crippen LogP contribution in [0.25, 0.3) is 0 Å². The predicted octanol–water partition coefficient (Wildman–Crippen LogP) is 2.86. The molecule has 0 fully saturated rings. The zero-order chi connectivity index (χ0) is 15.0. The van der Waals surface area contributed by atoms with Crippen molar-refractivity contribution in [2.45, 2.75) is 11.8 Å². The van der Waals surface area contributed by atoms with Crippen molar-refractivity contribution < 1.29 is 9.66 Å². The molecule has 0 saturated carbocycles. The Balaban J connectivity index is 3.04. The third-order valence-electron chi connectivity index (χ3n) is 2.82. The summed E-state index contributed by atoms with van der Waals surface area (Å²) in [5, 5.41) is 20.0. The monoisotopic (exact) mass is 341 g/mol. The van der Waals surface area contributed by atoms with Crippen molar-refractivity contribution in [2.24, 2.45) is 0 Å². The highest BCUT2D eigenvalue weighted by molar-refractivity contribution is 9.08. The molecular weight excluding hydrogens is 326 g/mol. The van der Waals surface area contributed by atoms with E-state index >= 15 is 0 Å². The van der Waals surface area contributed by atoms with Gasteiger partial charge in [0.15, 0.2) is 0 Å². The van der Waals surface area contributed by atoms with Gasteiger partial charge < -0.3 is 9.64 Å². The molecule has 0 heterocycles. The fourth-order valence-electron chi connectivity index (χ4n) is 1.84. The molecule has 0 unspecified atom stereocenters. The molecule has 0 aliphatic carbocycles. The lowest BCUT2D eigenvalue weighted by Gasteiger charge is -2.25. The van der Waals surface area contributed by atoms with Crippen LogP contribution >= 0.6 is 15.9 Å². The van der Waals surface area contributed by atoms with Crippen molar-refractivity contribution >= 4 is 27.3 Å². The third-order valence-corrected chi connectivity index (χ3v) is 3.42. The summed E-state index contributed by atoms with van der Waals surface area (Å²) in [6.07, 6.45) is 0.391. The molecule has 0 saturated heterocycles. The van der Waals surface area contributed by atoms with Gasteiger partial charge in [0.25, 0.3) is 5.69 Å². The van der Waals surface area contributed by atoms with Crippen LogP contribution in [0.1, 0.15) is 12.0 Å². The Bertz CT molecular complexity index is 502. The molecular formula is C13H16BrN3O3. The van der Waals surface area contributed by atoms with E-state index in [4.69, 9.17) is 10.00 Å². The maximum Gasteiger partial charge on any atom is 0.269 e. The molecule has 20 heavy (non-hydrogen) atoms. The Labute approximate surface area is 126 Å². The van der Waals surface area contributed by atoms with E-state index in [1.54, 1.807) is 19.2 Å². The van der Waals surface area contributed by atoms with Gasteiger partial charge in [0.05, 0.1) is 24.0 Å². The van der Waals surface area contributed by atoms with Gasteiger partial charge in [-0.1, -0.05) is 15.9 Å². The number of nitro benzene ring substituents is 1. The maximum atomic E-state index is 10.8. The van der Waals surface area contributed by atoms with Crippen molar-refractivity contribution in [1.82, 2.24) is 0 Å². The van der Waals surface area contributed by atoms with E-state index in [1.165, 1.54) is 6.07 Å². The first kappa shape index (κ1) is 16.4. The second kappa shape index (κ2) is 8.51. The lowest BCUT2D eigenvalue weighted by Crippen LogP contribution is -2.29. The Kier molecular flexibility index (Phi) is 6.98. The zero-order valence-electron chi connectivity index (χ0n) is 11.2. The number of hydrogen-bond acceptors (Lipinski definition) is 5. The number of non-ortho nitro benzene ring substituents is 1. The SMILES string of the molecule is COCCN(CCC#N)c1ccc([N+](=O)[O-])cc1CBr. The van der Waals surface area contributed by atoms with Crippen molar-refractivity contribution in [2.75, 3.05) is 31.7 Å². The highest BCUT2D eigenvalue weighted by atomic mass is 79.9. The lowest BCUT2D eigenvalue weighted by atomic mass is 10.1.